The Morgan fingerprint density at radius 2 is 1.88 bits per heavy atom. The van der Waals surface area contributed by atoms with Gasteiger partial charge < -0.3 is 14.8 Å². The maximum absolute atomic E-state index is 13.2. The number of halogens is 3. The van der Waals surface area contributed by atoms with Crippen molar-refractivity contribution in [1.29, 1.82) is 0 Å². The van der Waals surface area contributed by atoms with E-state index in [1.165, 1.54) is 12.1 Å². The van der Waals surface area contributed by atoms with Gasteiger partial charge in [0, 0.05) is 19.1 Å². The first-order chi connectivity index (χ1) is 11.3. The van der Waals surface area contributed by atoms with Crippen LogP contribution in [0.3, 0.4) is 0 Å². The molecule has 132 valence electrons. The third-order valence-corrected chi connectivity index (χ3v) is 3.89. The lowest BCUT2D eigenvalue weighted by Crippen LogP contribution is -2.40. The molecule has 5 nitrogen and oxygen atoms in total. The number of methoxy groups -OCH3 is 1. The fourth-order valence-electron chi connectivity index (χ4n) is 2.61. The number of alkyl halides is 3. The highest BCUT2D eigenvalue weighted by Crippen LogP contribution is 2.35. The molecule has 0 aromatic heterocycles. The van der Waals surface area contributed by atoms with Gasteiger partial charge in [-0.25, -0.2) is 4.79 Å². The number of carbonyl (C=O) groups excluding carboxylic acids is 2. The Morgan fingerprint density at radius 1 is 1.25 bits per heavy atom. The summed E-state index contributed by atoms with van der Waals surface area (Å²) in [6, 6.07) is 3.12. The van der Waals surface area contributed by atoms with E-state index in [1.54, 1.807) is 0 Å². The molecule has 0 aliphatic carbocycles. The van der Waals surface area contributed by atoms with Crippen LogP contribution in [0.2, 0.25) is 0 Å². The molecular weight excluding hydrogens is 327 g/mol. The lowest BCUT2D eigenvalue weighted by atomic mass is 9.96. The molecule has 1 saturated heterocycles. The minimum atomic E-state index is -4.65. The number of esters is 1. The second-order valence-corrected chi connectivity index (χ2v) is 5.44. The first kappa shape index (κ1) is 18.3. The van der Waals surface area contributed by atoms with Crippen LogP contribution in [0.4, 0.5) is 13.2 Å². The van der Waals surface area contributed by atoms with Gasteiger partial charge in [-0.15, -0.1) is 0 Å². The molecule has 0 spiro atoms. The quantitative estimate of drug-likeness (QED) is 0.852. The third kappa shape index (κ3) is 4.25. The first-order valence-electron chi connectivity index (χ1n) is 7.46. The minimum absolute atomic E-state index is 0.336. The molecule has 1 fully saturated rings. The highest BCUT2D eigenvalue weighted by molar-refractivity contribution is 5.87. The molecular formula is C16H18F3NO4. The average molecular weight is 345 g/mol. The standard InChI is InChI=1S/C16H18F3NO4/c1-23-15(22)13(20-14(21)10-6-8-24-9-7-10)11-4-2-3-5-12(11)16(17,18)19/h2-5,10,13H,6-9H2,1H3,(H,20,21). The summed E-state index contributed by atoms with van der Waals surface area (Å²) in [6.45, 7) is 0.806. The summed E-state index contributed by atoms with van der Waals surface area (Å²) in [5.41, 5.74) is -1.31. The second kappa shape index (κ2) is 7.65. The van der Waals surface area contributed by atoms with E-state index in [0.29, 0.717) is 26.1 Å². The van der Waals surface area contributed by atoms with Crippen molar-refractivity contribution in [3.05, 3.63) is 35.4 Å². The molecule has 0 radical (unpaired) electrons. The largest absolute Gasteiger partial charge is 0.467 e. The highest BCUT2D eigenvalue weighted by atomic mass is 19.4. The number of rotatable bonds is 4. The number of hydrogen-bond donors (Lipinski definition) is 1. The SMILES string of the molecule is COC(=O)C(NC(=O)C1CCOCC1)c1ccccc1C(F)(F)F. The molecule has 1 amide bonds. The Morgan fingerprint density at radius 3 is 2.46 bits per heavy atom. The predicted octanol–water partition coefficient (Wildman–Crippen LogP) is 2.46. The van der Waals surface area contributed by atoms with Crippen LogP contribution in [0.1, 0.15) is 30.0 Å². The van der Waals surface area contributed by atoms with Crippen molar-refractivity contribution in [3.63, 3.8) is 0 Å². The molecule has 8 heteroatoms. The predicted molar refractivity (Wildman–Crippen MR) is 77.9 cm³/mol. The molecule has 1 aliphatic heterocycles. The Kier molecular flexibility index (Phi) is 5.82. The zero-order valence-corrected chi connectivity index (χ0v) is 13.1. The molecule has 1 heterocycles. The monoisotopic (exact) mass is 345 g/mol. The summed E-state index contributed by atoms with van der Waals surface area (Å²) in [5, 5.41) is 2.40. The molecule has 1 unspecified atom stereocenters. The lowest BCUT2D eigenvalue weighted by molar-refractivity contribution is -0.147. The fraction of sp³-hybridized carbons (Fsp3) is 0.500. The number of nitrogens with one attached hydrogen (secondary N) is 1. The van der Waals surface area contributed by atoms with Gasteiger partial charge >= 0.3 is 12.1 Å². The molecule has 1 atom stereocenters. The van der Waals surface area contributed by atoms with Crippen molar-refractivity contribution in [2.75, 3.05) is 20.3 Å². The van der Waals surface area contributed by atoms with Crippen molar-refractivity contribution in [3.8, 4) is 0 Å². The van der Waals surface area contributed by atoms with Crippen molar-refractivity contribution in [1.82, 2.24) is 5.32 Å². The van der Waals surface area contributed by atoms with Crippen LogP contribution in [0, 0.1) is 5.92 Å². The summed E-state index contributed by atoms with van der Waals surface area (Å²) in [7, 11) is 1.06. The molecule has 1 aromatic rings. The van der Waals surface area contributed by atoms with Gasteiger partial charge in [-0.1, -0.05) is 18.2 Å². The Balaban J connectivity index is 2.29. The van der Waals surface area contributed by atoms with Crippen LogP contribution >= 0.6 is 0 Å². The molecule has 1 aromatic carbocycles. The Hall–Kier alpha value is -2.09. The normalized spacial score (nSPS) is 17.2. The Labute approximate surface area is 137 Å². The Bertz CT molecular complexity index is 597. The molecule has 0 bridgehead atoms. The molecule has 24 heavy (non-hydrogen) atoms. The first-order valence-corrected chi connectivity index (χ1v) is 7.46. The summed E-state index contributed by atoms with van der Waals surface area (Å²) in [5.74, 6) is -1.83. The fourth-order valence-corrected chi connectivity index (χ4v) is 2.61. The molecule has 1 N–H and O–H groups in total. The summed E-state index contributed by atoms with van der Waals surface area (Å²) in [6.07, 6.45) is -3.73. The van der Waals surface area contributed by atoms with Crippen molar-refractivity contribution >= 4 is 11.9 Å². The van der Waals surface area contributed by atoms with Gasteiger partial charge in [-0.05, 0) is 24.5 Å². The van der Waals surface area contributed by atoms with Crippen LogP contribution in [0.5, 0.6) is 0 Å². The molecule has 1 aliphatic rings. The van der Waals surface area contributed by atoms with Crippen LogP contribution < -0.4 is 5.32 Å². The van der Waals surface area contributed by atoms with Crippen LogP contribution in [0.25, 0.3) is 0 Å². The number of amides is 1. The van der Waals surface area contributed by atoms with E-state index >= 15 is 0 Å². The zero-order valence-electron chi connectivity index (χ0n) is 13.1. The summed E-state index contributed by atoms with van der Waals surface area (Å²) >= 11 is 0. The second-order valence-electron chi connectivity index (χ2n) is 5.44. The van der Waals surface area contributed by atoms with Crippen LogP contribution in [-0.4, -0.2) is 32.2 Å². The van der Waals surface area contributed by atoms with E-state index in [4.69, 9.17) is 4.74 Å². The highest BCUT2D eigenvalue weighted by Gasteiger charge is 2.38. The maximum Gasteiger partial charge on any atom is 0.416 e. The zero-order chi connectivity index (χ0) is 17.7. The van der Waals surface area contributed by atoms with Gasteiger partial charge in [0.25, 0.3) is 0 Å². The summed E-state index contributed by atoms with van der Waals surface area (Å²) < 4.78 is 49.3. The van der Waals surface area contributed by atoms with E-state index in [0.717, 1.165) is 19.2 Å². The molecule has 2 rings (SSSR count). The van der Waals surface area contributed by atoms with Gasteiger partial charge in [0.2, 0.25) is 5.91 Å². The number of hydrogen-bond acceptors (Lipinski definition) is 4. The number of benzene rings is 1. The van der Waals surface area contributed by atoms with Gasteiger partial charge in [0.1, 0.15) is 0 Å². The van der Waals surface area contributed by atoms with E-state index in [1.807, 2.05) is 0 Å². The van der Waals surface area contributed by atoms with E-state index in [2.05, 4.69) is 10.1 Å². The maximum atomic E-state index is 13.2. The third-order valence-electron chi connectivity index (χ3n) is 3.89. The topological polar surface area (TPSA) is 64.6 Å². The minimum Gasteiger partial charge on any atom is -0.467 e. The van der Waals surface area contributed by atoms with Crippen LogP contribution in [0.15, 0.2) is 24.3 Å². The van der Waals surface area contributed by atoms with Crippen molar-refractivity contribution in [2.45, 2.75) is 25.1 Å². The molecule has 0 saturated carbocycles. The smallest absolute Gasteiger partial charge is 0.416 e. The summed E-state index contributed by atoms with van der Waals surface area (Å²) in [4.78, 5) is 24.3. The van der Waals surface area contributed by atoms with E-state index < -0.39 is 35.6 Å². The van der Waals surface area contributed by atoms with Crippen molar-refractivity contribution in [2.24, 2.45) is 5.92 Å². The van der Waals surface area contributed by atoms with Crippen LogP contribution in [-0.2, 0) is 25.2 Å². The van der Waals surface area contributed by atoms with E-state index in [-0.39, 0.29) is 5.56 Å². The number of carbonyl (C=O) groups is 2. The van der Waals surface area contributed by atoms with Gasteiger partial charge in [0.15, 0.2) is 6.04 Å². The number of ether oxygens (including phenoxy) is 2. The van der Waals surface area contributed by atoms with Gasteiger partial charge in [-0.3, -0.25) is 4.79 Å². The van der Waals surface area contributed by atoms with E-state index in [9.17, 15) is 22.8 Å². The lowest BCUT2D eigenvalue weighted by Gasteiger charge is -2.25. The van der Waals surface area contributed by atoms with Gasteiger partial charge in [0.05, 0.1) is 12.7 Å². The van der Waals surface area contributed by atoms with Crippen molar-refractivity contribution < 1.29 is 32.2 Å². The van der Waals surface area contributed by atoms with Gasteiger partial charge in [-0.2, -0.15) is 13.2 Å². The average Bonchev–Trinajstić information content (AvgIpc) is 2.59.